The molecule has 2 N–H and O–H groups in total. The maximum atomic E-state index is 4.93. The molecule has 0 atom stereocenters. The Labute approximate surface area is 182 Å². The normalized spacial score (nSPS) is 11.5. The lowest BCUT2D eigenvalue weighted by Gasteiger charge is -2.05. The highest BCUT2D eigenvalue weighted by Gasteiger charge is 2.17. The molecule has 6 nitrogen and oxygen atoms in total. The Morgan fingerprint density at radius 3 is 2.61 bits per heavy atom. The van der Waals surface area contributed by atoms with Crippen molar-refractivity contribution in [3.8, 4) is 33.1 Å². The molecular formula is C24H18N6S. The van der Waals surface area contributed by atoms with E-state index in [2.05, 4.69) is 69.3 Å². The summed E-state index contributed by atoms with van der Waals surface area (Å²) in [5.74, 6) is 0.726. The first-order valence-corrected chi connectivity index (χ1v) is 10.8. The van der Waals surface area contributed by atoms with Gasteiger partial charge in [-0.3, -0.25) is 15.1 Å². The molecule has 0 amide bonds. The van der Waals surface area contributed by atoms with E-state index >= 15 is 0 Å². The number of thiophene rings is 1. The fourth-order valence-electron chi connectivity index (χ4n) is 3.93. The average Bonchev–Trinajstić information content (AvgIpc) is 3.50. The van der Waals surface area contributed by atoms with Crippen LogP contribution in [0.5, 0.6) is 0 Å². The molecule has 6 rings (SSSR count). The van der Waals surface area contributed by atoms with Gasteiger partial charge in [-0.2, -0.15) is 5.10 Å². The second-order valence-corrected chi connectivity index (χ2v) is 8.89. The third-order valence-electron chi connectivity index (χ3n) is 5.54. The summed E-state index contributed by atoms with van der Waals surface area (Å²) in [4.78, 5) is 19.5. The average molecular weight is 423 g/mol. The van der Waals surface area contributed by atoms with Crippen LogP contribution in [0, 0.1) is 13.8 Å². The Kier molecular flexibility index (Phi) is 3.97. The summed E-state index contributed by atoms with van der Waals surface area (Å²) >= 11 is 1.74. The summed E-state index contributed by atoms with van der Waals surface area (Å²) in [7, 11) is 0. The van der Waals surface area contributed by atoms with E-state index in [0.29, 0.717) is 0 Å². The van der Waals surface area contributed by atoms with E-state index in [1.807, 2.05) is 30.9 Å². The Morgan fingerprint density at radius 2 is 1.77 bits per heavy atom. The third-order valence-corrected chi connectivity index (χ3v) is 6.57. The van der Waals surface area contributed by atoms with Crippen LogP contribution in [0.3, 0.4) is 0 Å². The van der Waals surface area contributed by atoms with Gasteiger partial charge < -0.3 is 4.98 Å². The number of pyridine rings is 2. The van der Waals surface area contributed by atoms with Crippen LogP contribution >= 0.6 is 11.3 Å². The van der Waals surface area contributed by atoms with Crippen molar-refractivity contribution in [3.05, 3.63) is 71.6 Å². The SMILES string of the molecule is Cc1ccc(-c2cncc3[nH]c(-c4n[nH]c5ccc(-c6cnccc6C)cc45)nc23)s1. The molecule has 0 fully saturated rings. The molecule has 7 heteroatoms. The zero-order valence-electron chi connectivity index (χ0n) is 17.0. The highest BCUT2D eigenvalue weighted by molar-refractivity contribution is 7.15. The van der Waals surface area contributed by atoms with Crippen LogP contribution in [-0.4, -0.2) is 30.1 Å². The van der Waals surface area contributed by atoms with Crippen LogP contribution in [0.4, 0.5) is 0 Å². The first kappa shape index (κ1) is 18.0. The molecule has 0 bridgehead atoms. The third kappa shape index (κ3) is 2.93. The Hall–Kier alpha value is -3.84. The van der Waals surface area contributed by atoms with Crippen LogP contribution in [0.15, 0.2) is 61.2 Å². The van der Waals surface area contributed by atoms with E-state index < -0.39 is 0 Å². The summed E-state index contributed by atoms with van der Waals surface area (Å²) in [6.45, 7) is 4.20. The van der Waals surface area contributed by atoms with Gasteiger partial charge in [0, 0.05) is 44.9 Å². The van der Waals surface area contributed by atoms with Gasteiger partial charge in [-0.05, 0) is 55.3 Å². The standard InChI is InChI=1S/C24H18N6S/c1-13-7-8-25-10-17(13)15-4-5-19-16(9-15)23(30-29-19)24-27-20-12-26-11-18(22(20)28-24)21-6-3-14(2)31-21/h3-12H,1-2H3,(H,27,28)(H,29,30). The number of nitrogens with one attached hydrogen (secondary N) is 2. The molecule has 6 aromatic rings. The molecule has 150 valence electrons. The van der Waals surface area contributed by atoms with Crippen molar-refractivity contribution in [2.45, 2.75) is 13.8 Å². The molecule has 0 aliphatic heterocycles. The minimum absolute atomic E-state index is 0.726. The number of hydrogen-bond donors (Lipinski definition) is 2. The van der Waals surface area contributed by atoms with E-state index in [1.54, 1.807) is 11.3 Å². The van der Waals surface area contributed by atoms with Gasteiger partial charge in [0.05, 0.1) is 17.2 Å². The Balaban J connectivity index is 1.52. The Bertz CT molecular complexity index is 1570. The van der Waals surface area contributed by atoms with E-state index in [4.69, 9.17) is 4.98 Å². The number of aromatic amines is 2. The fraction of sp³-hybridized carbons (Fsp3) is 0.0833. The molecule has 0 radical (unpaired) electrons. The topological polar surface area (TPSA) is 83.1 Å². The number of benzene rings is 1. The van der Waals surface area contributed by atoms with Gasteiger partial charge in [-0.1, -0.05) is 6.07 Å². The van der Waals surface area contributed by atoms with Gasteiger partial charge in [-0.15, -0.1) is 11.3 Å². The largest absolute Gasteiger partial charge is 0.335 e. The van der Waals surface area contributed by atoms with E-state index in [0.717, 1.165) is 55.0 Å². The molecule has 1 aromatic carbocycles. The molecule has 31 heavy (non-hydrogen) atoms. The second-order valence-electron chi connectivity index (χ2n) is 7.60. The predicted octanol–water partition coefficient (Wildman–Crippen LogP) is 5.91. The van der Waals surface area contributed by atoms with Gasteiger partial charge in [0.15, 0.2) is 5.82 Å². The van der Waals surface area contributed by atoms with Crippen molar-refractivity contribution in [2.24, 2.45) is 0 Å². The van der Waals surface area contributed by atoms with E-state index in [-0.39, 0.29) is 0 Å². The Morgan fingerprint density at radius 1 is 0.871 bits per heavy atom. The van der Waals surface area contributed by atoms with Crippen molar-refractivity contribution in [1.82, 2.24) is 30.1 Å². The smallest absolute Gasteiger partial charge is 0.159 e. The summed E-state index contributed by atoms with van der Waals surface area (Å²) in [5.41, 5.74) is 8.00. The number of H-pyrrole nitrogens is 2. The van der Waals surface area contributed by atoms with E-state index in [1.165, 1.54) is 10.4 Å². The number of imidazole rings is 1. The molecule has 5 heterocycles. The lowest BCUT2D eigenvalue weighted by Crippen LogP contribution is -1.85. The van der Waals surface area contributed by atoms with Crippen LogP contribution in [0.1, 0.15) is 10.4 Å². The fourth-order valence-corrected chi connectivity index (χ4v) is 4.81. The zero-order chi connectivity index (χ0) is 20.9. The van der Waals surface area contributed by atoms with Crippen LogP contribution in [-0.2, 0) is 0 Å². The lowest BCUT2D eigenvalue weighted by molar-refractivity contribution is 1.11. The summed E-state index contributed by atoms with van der Waals surface area (Å²) in [5, 5.41) is 8.72. The molecule has 0 aliphatic rings. The highest BCUT2D eigenvalue weighted by Crippen LogP contribution is 2.35. The van der Waals surface area contributed by atoms with Crippen molar-refractivity contribution in [3.63, 3.8) is 0 Å². The first-order chi connectivity index (χ1) is 15.2. The number of aryl methyl sites for hydroxylation is 2. The number of hydrogen-bond acceptors (Lipinski definition) is 5. The molecule has 0 saturated carbocycles. The predicted molar refractivity (Wildman–Crippen MR) is 125 cm³/mol. The molecule has 5 aromatic heterocycles. The van der Waals surface area contributed by atoms with Crippen molar-refractivity contribution in [2.75, 3.05) is 0 Å². The van der Waals surface area contributed by atoms with Crippen molar-refractivity contribution in [1.29, 1.82) is 0 Å². The first-order valence-electron chi connectivity index (χ1n) is 9.97. The number of rotatable bonds is 3. The van der Waals surface area contributed by atoms with Gasteiger partial charge in [0.25, 0.3) is 0 Å². The molecule has 0 spiro atoms. The van der Waals surface area contributed by atoms with Crippen LogP contribution in [0.2, 0.25) is 0 Å². The minimum atomic E-state index is 0.726. The maximum Gasteiger partial charge on any atom is 0.159 e. The van der Waals surface area contributed by atoms with Crippen LogP contribution < -0.4 is 0 Å². The number of fused-ring (bicyclic) bond motifs is 2. The monoisotopic (exact) mass is 422 g/mol. The second kappa shape index (κ2) is 6.85. The summed E-state index contributed by atoms with van der Waals surface area (Å²) < 4.78 is 0. The van der Waals surface area contributed by atoms with Crippen molar-refractivity contribution >= 4 is 33.3 Å². The quantitative estimate of drug-likeness (QED) is 0.371. The molecule has 0 unspecified atom stereocenters. The summed E-state index contributed by atoms with van der Waals surface area (Å²) in [6.07, 6.45) is 7.41. The van der Waals surface area contributed by atoms with Gasteiger partial charge >= 0.3 is 0 Å². The van der Waals surface area contributed by atoms with Crippen molar-refractivity contribution < 1.29 is 0 Å². The molecule has 0 aliphatic carbocycles. The minimum Gasteiger partial charge on any atom is -0.335 e. The number of aromatic nitrogens is 6. The zero-order valence-corrected chi connectivity index (χ0v) is 17.8. The van der Waals surface area contributed by atoms with Gasteiger partial charge in [-0.25, -0.2) is 4.98 Å². The van der Waals surface area contributed by atoms with Crippen LogP contribution in [0.25, 0.3) is 55.0 Å². The van der Waals surface area contributed by atoms with Gasteiger partial charge in [0.1, 0.15) is 11.2 Å². The highest BCUT2D eigenvalue weighted by atomic mass is 32.1. The summed E-state index contributed by atoms with van der Waals surface area (Å²) in [6, 6.07) is 12.6. The maximum absolute atomic E-state index is 4.93. The molecular weight excluding hydrogens is 404 g/mol. The number of nitrogens with zero attached hydrogens (tertiary/aromatic N) is 4. The van der Waals surface area contributed by atoms with Gasteiger partial charge in [0.2, 0.25) is 0 Å². The molecule has 0 saturated heterocycles. The lowest BCUT2D eigenvalue weighted by atomic mass is 10.0. The van der Waals surface area contributed by atoms with E-state index in [9.17, 15) is 0 Å².